The van der Waals surface area contributed by atoms with E-state index in [1.54, 1.807) is 12.2 Å². The van der Waals surface area contributed by atoms with Gasteiger partial charge in [0.25, 0.3) is 0 Å². The summed E-state index contributed by atoms with van der Waals surface area (Å²) in [5, 5.41) is 11.1. The van der Waals surface area contributed by atoms with Crippen LogP contribution in [0.5, 0.6) is 0 Å². The highest BCUT2D eigenvalue weighted by Gasteiger charge is 2.46. The number of carbonyl (C=O) groups is 2. The van der Waals surface area contributed by atoms with E-state index in [0.29, 0.717) is 0 Å². The van der Waals surface area contributed by atoms with Gasteiger partial charge in [-0.05, 0) is 13.0 Å². The average Bonchev–Trinajstić information content (AvgIpc) is 2.61. The van der Waals surface area contributed by atoms with Crippen LogP contribution in [-0.2, 0) is 9.59 Å². The summed E-state index contributed by atoms with van der Waals surface area (Å²) in [6.45, 7) is 1.97. The second-order valence-corrected chi connectivity index (χ2v) is 4.12. The number of nitrogens with two attached hydrogens (primary N) is 1. The van der Waals surface area contributed by atoms with Gasteiger partial charge in [0.15, 0.2) is 0 Å². The molecule has 98 valence electrons. The number of allylic oxidation sites excluding steroid dienone is 4. The van der Waals surface area contributed by atoms with Crippen LogP contribution in [-0.4, -0.2) is 41.3 Å². The molecule has 1 saturated heterocycles. The van der Waals surface area contributed by atoms with Crippen LogP contribution < -0.4 is 11.1 Å². The van der Waals surface area contributed by atoms with Crippen LogP contribution in [0, 0.1) is 0 Å². The SMILES string of the molecule is C\C=C/C=C\C=N\CC1(N)CC(C(=O)O)NC1=O. The highest BCUT2D eigenvalue weighted by molar-refractivity contribution is 5.94. The predicted octanol–water partition coefficient (Wildman–Crippen LogP) is -0.140. The molecule has 0 saturated carbocycles. The number of aliphatic carboxylic acids is 1. The van der Waals surface area contributed by atoms with Crippen molar-refractivity contribution in [2.75, 3.05) is 6.54 Å². The Hall–Kier alpha value is -1.95. The molecule has 1 aliphatic heterocycles. The molecule has 4 N–H and O–H groups in total. The highest BCUT2D eigenvalue weighted by atomic mass is 16.4. The minimum Gasteiger partial charge on any atom is -0.480 e. The maximum absolute atomic E-state index is 11.6. The Kier molecular flexibility index (Phi) is 4.79. The number of carbonyl (C=O) groups excluding carboxylic acids is 1. The molecule has 0 aliphatic carbocycles. The summed E-state index contributed by atoms with van der Waals surface area (Å²) in [6.07, 6.45) is 8.81. The van der Waals surface area contributed by atoms with Crippen LogP contribution in [0.3, 0.4) is 0 Å². The number of hydrogen-bond acceptors (Lipinski definition) is 4. The van der Waals surface area contributed by atoms with Crippen molar-refractivity contribution in [2.45, 2.75) is 24.9 Å². The summed E-state index contributed by atoms with van der Waals surface area (Å²) < 4.78 is 0. The normalized spacial score (nSPS) is 28.6. The molecule has 2 atom stereocenters. The van der Waals surface area contributed by atoms with E-state index in [1.807, 2.05) is 19.1 Å². The number of aliphatic imine (C=N–C) groups is 1. The van der Waals surface area contributed by atoms with Crippen LogP contribution in [0.4, 0.5) is 0 Å². The Balaban J connectivity index is 2.55. The van der Waals surface area contributed by atoms with Gasteiger partial charge < -0.3 is 16.2 Å². The molecule has 1 fully saturated rings. The lowest BCUT2D eigenvalue weighted by molar-refractivity contribution is -0.140. The molecule has 1 rings (SSSR count). The van der Waals surface area contributed by atoms with Crippen molar-refractivity contribution >= 4 is 18.1 Å². The predicted molar refractivity (Wildman–Crippen MR) is 68.4 cm³/mol. The zero-order valence-corrected chi connectivity index (χ0v) is 10.2. The minimum absolute atomic E-state index is 0.0527. The van der Waals surface area contributed by atoms with E-state index in [0.717, 1.165) is 0 Å². The lowest BCUT2D eigenvalue weighted by Gasteiger charge is -2.16. The summed E-state index contributed by atoms with van der Waals surface area (Å²) in [6, 6.07) is -0.920. The van der Waals surface area contributed by atoms with Crippen LogP contribution in [0.1, 0.15) is 13.3 Å². The fourth-order valence-corrected chi connectivity index (χ4v) is 1.60. The van der Waals surface area contributed by atoms with E-state index < -0.39 is 23.5 Å². The van der Waals surface area contributed by atoms with Crippen LogP contribution in [0.2, 0.25) is 0 Å². The molecule has 1 aliphatic rings. The largest absolute Gasteiger partial charge is 0.480 e. The molecule has 1 amide bonds. The van der Waals surface area contributed by atoms with Gasteiger partial charge in [0.1, 0.15) is 11.6 Å². The molecule has 0 spiro atoms. The average molecular weight is 251 g/mol. The molecule has 2 unspecified atom stereocenters. The number of nitrogens with one attached hydrogen (secondary N) is 1. The van der Waals surface area contributed by atoms with Gasteiger partial charge in [-0.25, -0.2) is 4.79 Å². The molecular weight excluding hydrogens is 234 g/mol. The standard InChI is InChI=1S/C12H17N3O3/c1-2-3-4-5-6-14-8-12(13)7-9(10(16)17)15-11(12)18/h2-6,9H,7-8,13H2,1H3,(H,15,18)(H,16,17)/b3-2-,5-4-,14-6+. The van der Waals surface area contributed by atoms with Crippen molar-refractivity contribution in [3.05, 3.63) is 24.3 Å². The van der Waals surface area contributed by atoms with Crippen LogP contribution in [0.25, 0.3) is 0 Å². The molecular formula is C12H17N3O3. The third-order valence-corrected chi connectivity index (χ3v) is 2.60. The Labute approximate surface area is 105 Å². The van der Waals surface area contributed by atoms with Gasteiger partial charge in [0.2, 0.25) is 5.91 Å². The van der Waals surface area contributed by atoms with E-state index in [-0.39, 0.29) is 13.0 Å². The molecule has 0 bridgehead atoms. The Morgan fingerprint density at radius 1 is 1.61 bits per heavy atom. The quantitative estimate of drug-likeness (QED) is 0.467. The fourth-order valence-electron chi connectivity index (χ4n) is 1.60. The minimum atomic E-state index is -1.23. The van der Waals surface area contributed by atoms with Crippen molar-refractivity contribution in [1.29, 1.82) is 0 Å². The number of carboxylic acid groups (broad SMARTS) is 1. The lowest BCUT2D eigenvalue weighted by Crippen LogP contribution is -2.49. The van der Waals surface area contributed by atoms with Crippen molar-refractivity contribution in [1.82, 2.24) is 5.32 Å². The first-order chi connectivity index (χ1) is 8.49. The first-order valence-electron chi connectivity index (χ1n) is 5.60. The number of carboxylic acids is 1. The smallest absolute Gasteiger partial charge is 0.326 e. The molecule has 1 heterocycles. The number of nitrogens with zero attached hydrogens (tertiary/aromatic N) is 1. The fraction of sp³-hybridized carbons (Fsp3) is 0.417. The Bertz CT molecular complexity index is 415. The molecule has 0 radical (unpaired) electrons. The topological polar surface area (TPSA) is 105 Å². The second-order valence-electron chi connectivity index (χ2n) is 4.12. The Morgan fingerprint density at radius 3 is 2.89 bits per heavy atom. The summed E-state index contributed by atoms with van der Waals surface area (Å²) in [5.74, 6) is -1.54. The molecule has 0 aromatic carbocycles. The van der Waals surface area contributed by atoms with Gasteiger partial charge >= 0.3 is 5.97 Å². The van der Waals surface area contributed by atoms with Crippen LogP contribution >= 0.6 is 0 Å². The number of hydrogen-bond donors (Lipinski definition) is 3. The molecule has 18 heavy (non-hydrogen) atoms. The van der Waals surface area contributed by atoms with Gasteiger partial charge in [-0.15, -0.1) is 0 Å². The highest BCUT2D eigenvalue weighted by Crippen LogP contribution is 2.18. The van der Waals surface area contributed by atoms with E-state index in [9.17, 15) is 9.59 Å². The van der Waals surface area contributed by atoms with Gasteiger partial charge in [0, 0.05) is 12.6 Å². The lowest BCUT2D eigenvalue weighted by atomic mass is 9.97. The molecule has 0 aromatic rings. The van der Waals surface area contributed by atoms with Gasteiger partial charge in [-0.1, -0.05) is 18.2 Å². The third-order valence-electron chi connectivity index (χ3n) is 2.60. The second kappa shape index (κ2) is 6.11. The maximum Gasteiger partial charge on any atom is 0.326 e. The van der Waals surface area contributed by atoms with Crippen molar-refractivity contribution in [3.63, 3.8) is 0 Å². The van der Waals surface area contributed by atoms with Crippen molar-refractivity contribution in [3.8, 4) is 0 Å². The monoisotopic (exact) mass is 251 g/mol. The summed E-state index contributed by atoms with van der Waals surface area (Å²) in [7, 11) is 0. The summed E-state index contributed by atoms with van der Waals surface area (Å²) >= 11 is 0. The van der Waals surface area contributed by atoms with Crippen molar-refractivity contribution < 1.29 is 14.7 Å². The van der Waals surface area contributed by atoms with E-state index in [1.165, 1.54) is 6.21 Å². The first-order valence-corrected chi connectivity index (χ1v) is 5.60. The van der Waals surface area contributed by atoms with Gasteiger partial charge in [0.05, 0.1) is 6.54 Å². The van der Waals surface area contributed by atoms with Crippen molar-refractivity contribution in [2.24, 2.45) is 10.7 Å². The van der Waals surface area contributed by atoms with Gasteiger partial charge in [-0.3, -0.25) is 9.79 Å². The van der Waals surface area contributed by atoms with E-state index >= 15 is 0 Å². The summed E-state index contributed by atoms with van der Waals surface area (Å²) in [4.78, 5) is 26.3. The van der Waals surface area contributed by atoms with E-state index in [2.05, 4.69) is 10.3 Å². The zero-order valence-electron chi connectivity index (χ0n) is 10.2. The molecule has 6 nitrogen and oxygen atoms in total. The zero-order chi connectivity index (χ0) is 13.6. The number of rotatable bonds is 5. The molecule has 6 heteroatoms. The molecule has 0 aromatic heterocycles. The maximum atomic E-state index is 11.6. The summed E-state index contributed by atoms with van der Waals surface area (Å²) in [5.41, 5.74) is 4.62. The first kappa shape index (κ1) is 14.1. The van der Waals surface area contributed by atoms with E-state index in [4.69, 9.17) is 10.8 Å². The number of amides is 1. The van der Waals surface area contributed by atoms with Gasteiger partial charge in [-0.2, -0.15) is 0 Å². The third kappa shape index (κ3) is 3.53. The Morgan fingerprint density at radius 2 is 2.33 bits per heavy atom. The van der Waals surface area contributed by atoms with Crippen LogP contribution in [0.15, 0.2) is 29.3 Å².